The predicted molar refractivity (Wildman–Crippen MR) is 143 cm³/mol. The summed E-state index contributed by atoms with van der Waals surface area (Å²) in [6.07, 6.45) is 1.07. The summed E-state index contributed by atoms with van der Waals surface area (Å²) >= 11 is 1.41. The van der Waals surface area contributed by atoms with Gasteiger partial charge in [-0.3, -0.25) is 18.9 Å². The van der Waals surface area contributed by atoms with Gasteiger partial charge in [0.25, 0.3) is 0 Å². The molecule has 0 spiro atoms. The van der Waals surface area contributed by atoms with E-state index >= 15 is 0 Å². The van der Waals surface area contributed by atoms with Crippen LogP contribution in [0.1, 0.15) is 61.5 Å². The van der Waals surface area contributed by atoms with Crippen LogP contribution < -0.4 is 10.0 Å². The lowest BCUT2D eigenvalue weighted by Gasteiger charge is -2.25. The smallest absolute Gasteiger partial charge is 0.357 e. The first kappa shape index (κ1) is 28.3. The van der Waals surface area contributed by atoms with Gasteiger partial charge in [-0.15, -0.1) is 11.3 Å². The molecular weight excluding hydrogens is 514 g/mol. The second kappa shape index (κ2) is 11.8. The molecule has 3 N–H and O–H groups in total. The van der Waals surface area contributed by atoms with Crippen molar-refractivity contribution in [1.29, 1.82) is 0 Å². The normalized spacial score (nSPS) is 13.4. The topological polar surface area (TPSA) is 135 Å². The minimum Gasteiger partial charge on any atom is -0.459 e. The van der Waals surface area contributed by atoms with Crippen LogP contribution in [-0.2, 0) is 37.5 Å². The van der Waals surface area contributed by atoms with E-state index in [1.54, 1.807) is 63.2 Å². The van der Waals surface area contributed by atoms with Gasteiger partial charge in [0.2, 0.25) is 5.91 Å². The van der Waals surface area contributed by atoms with Crippen molar-refractivity contribution in [2.24, 2.45) is 0 Å². The Morgan fingerprint density at radius 2 is 1.73 bits per heavy atom. The maximum absolute atomic E-state index is 13.6. The van der Waals surface area contributed by atoms with Crippen LogP contribution in [0.25, 0.3) is 0 Å². The van der Waals surface area contributed by atoms with Crippen LogP contribution in [0.2, 0.25) is 0 Å². The van der Waals surface area contributed by atoms with Crippen molar-refractivity contribution in [1.82, 2.24) is 10.3 Å². The van der Waals surface area contributed by atoms with Gasteiger partial charge in [0.05, 0.1) is 17.4 Å². The first-order valence-electron chi connectivity index (χ1n) is 11.7. The van der Waals surface area contributed by atoms with E-state index in [0.29, 0.717) is 17.0 Å². The minimum absolute atomic E-state index is 0.198. The maximum atomic E-state index is 13.6. The molecule has 0 aliphatic heterocycles. The van der Waals surface area contributed by atoms with Crippen molar-refractivity contribution in [2.45, 2.75) is 58.1 Å². The summed E-state index contributed by atoms with van der Waals surface area (Å²) in [5, 5.41) is 5.60. The Bertz CT molecular complexity index is 1320. The molecule has 0 saturated carbocycles. The van der Waals surface area contributed by atoms with Gasteiger partial charge >= 0.3 is 16.3 Å². The lowest BCUT2D eigenvalue weighted by Crippen LogP contribution is -2.39. The highest BCUT2D eigenvalue weighted by molar-refractivity contribution is 7.87. The third kappa shape index (κ3) is 8.66. The largest absolute Gasteiger partial charge is 0.459 e. The molecule has 1 heterocycles. The molecule has 0 bridgehead atoms. The highest BCUT2D eigenvalue weighted by atomic mass is 32.2. The molecule has 0 radical (unpaired) electrons. The highest BCUT2D eigenvalue weighted by Crippen LogP contribution is 2.27. The van der Waals surface area contributed by atoms with Crippen LogP contribution in [0.3, 0.4) is 0 Å². The standard InChI is InChI=1S/C26H31N3O6S2/c1-5-19-16-36-24(27-19)21(15-17-11-13-20(14-12-17)29-37(32,33)34)28-23(30)22(18-9-7-6-8-10-18)25(31)35-26(2,3)4/h6-14,16,21-22,29H,5,15H2,1-4H3,(H,28,30)(H,32,33,34). The van der Waals surface area contributed by atoms with Crippen molar-refractivity contribution in [3.63, 3.8) is 0 Å². The van der Waals surface area contributed by atoms with Gasteiger partial charge in [-0.2, -0.15) is 8.42 Å². The number of nitrogens with zero attached hydrogens (tertiary/aromatic N) is 1. The van der Waals surface area contributed by atoms with Crippen LogP contribution in [-0.4, -0.2) is 35.4 Å². The number of thiazole rings is 1. The van der Waals surface area contributed by atoms with Crippen LogP contribution in [0.5, 0.6) is 0 Å². The number of hydrogen-bond donors (Lipinski definition) is 3. The second-order valence-electron chi connectivity index (χ2n) is 9.45. The van der Waals surface area contributed by atoms with Crippen LogP contribution in [0.15, 0.2) is 60.0 Å². The lowest BCUT2D eigenvalue weighted by atomic mass is 9.96. The number of anilines is 1. The highest BCUT2D eigenvalue weighted by Gasteiger charge is 2.34. The molecule has 0 fully saturated rings. The van der Waals surface area contributed by atoms with Gasteiger partial charge < -0.3 is 10.1 Å². The molecule has 2 unspecified atom stereocenters. The van der Waals surface area contributed by atoms with E-state index in [1.165, 1.54) is 23.5 Å². The molecule has 2 atom stereocenters. The summed E-state index contributed by atoms with van der Waals surface area (Å²) < 4.78 is 38.7. The van der Waals surface area contributed by atoms with Crippen molar-refractivity contribution in [3.05, 3.63) is 81.8 Å². The number of rotatable bonds is 10. The van der Waals surface area contributed by atoms with E-state index in [2.05, 4.69) is 10.3 Å². The fourth-order valence-electron chi connectivity index (χ4n) is 3.59. The second-order valence-corrected chi connectivity index (χ2v) is 11.5. The summed E-state index contributed by atoms with van der Waals surface area (Å²) in [7, 11) is -4.39. The Hall–Kier alpha value is -3.28. The first-order valence-corrected chi connectivity index (χ1v) is 14.0. The molecule has 2 aromatic carbocycles. The fourth-order valence-corrected chi connectivity index (χ4v) is 4.98. The Balaban J connectivity index is 1.90. The minimum atomic E-state index is -4.39. The average Bonchev–Trinajstić information content (AvgIpc) is 3.28. The third-order valence-corrected chi connectivity index (χ3v) is 6.73. The quantitative estimate of drug-likeness (QED) is 0.195. The van der Waals surface area contributed by atoms with Gasteiger partial charge in [0.1, 0.15) is 10.6 Å². The molecule has 3 rings (SSSR count). The molecular formula is C26H31N3O6S2. The summed E-state index contributed by atoms with van der Waals surface area (Å²) in [5.41, 5.74) is 1.62. The van der Waals surface area contributed by atoms with E-state index in [0.717, 1.165) is 17.7 Å². The van der Waals surface area contributed by atoms with Crippen molar-refractivity contribution >= 4 is 39.2 Å². The number of aromatic nitrogens is 1. The van der Waals surface area contributed by atoms with Crippen LogP contribution in [0.4, 0.5) is 5.69 Å². The molecule has 198 valence electrons. The third-order valence-electron chi connectivity index (χ3n) is 5.22. The number of carbonyl (C=O) groups excluding carboxylic acids is 2. The number of carbonyl (C=O) groups is 2. The summed E-state index contributed by atoms with van der Waals surface area (Å²) in [6.45, 7) is 7.23. The van der Waals surface area contributed by atoms with Crippen LogP contribution >= 0.6 is 11.3 Å². The maximum Gasteiger partial charge on any atom is 0.357 e. The molecule has 0 aliphatic rings. The first-order chi connectivity index (χ1) is 17.3. The van der Waals surface area contributed by atoms with Crippen molar-refractivity contribution in [2.75, 3.05) is 4.72 Å². The molecule has 1 aromatic heterocycles. The van der Waals surface area contributed by atoms with Gasteiger partial charge in [-0.25, -0.2) is 4.98 Å². The van der Waals surface area contributed by atoms with Crippen molar-refractivity contribution < 1.29 is 27.3 Å². The predicted octanol–water partition coefficient (Wildman–Crippen LogP) is 4.45. The molecule has 37 heavy (non-hydrogen) atoms. The van der Waals surface area contributed by atoms with E-state index in [4.69, 9.17) is 9.29 Å². The molecule has 1 amide bonds. The van der Waals surface area contributed by atoms with Gasteiger partial charge in [0, 0.05) is 5.38 Å². The number of nitrogens with one attached hydrogen (secondary N) is 2. The zero-order valence-corrected chi connectivity index (χ0v) is 22.7. The zero-order valence-electron chi connectivity index (χ0n) is 21.1. The molecule has 3 aromatic rings. The Morgan fingerprint density at radius 1 is 1.08 bits per heavy atom. The van der Waals surface area contributed by atoms with E-state index in [1.807, 2.05) is 17.0 Å². The lowest BCUT2D eigenvalue weighted by molar-refractivity contribution is -0.158. The fraction of sp³-hybridized carbons (Fsp3) is 0.346. The number of esters is 1. The van der Waals surface area contributed by atoms with Crippen LogP contribution in [0, 0.1) is 0 Å². The summed E-state index contributed by atoms with van der Waals surface area (Å²) in [6, 6.07) is 14.6. The van der Waals surface area contributed by atoms with Gasteiger partial charge in [0.15, 0.2) is 5.92 Å². The average molecular weight is 546 g/mol. The SMILES string of the molecule is CCc1csc(C(Cc2ccc(NS(=O)(=O)O)cc2)NC(=O)C(C(=O)OC(C)(C)C)c2ccccc2)n1. The Morgan fingerprint density at radius 3 is 2.27 bits per heavy atom. The number of amides is 1. The zero-order chi connectivity index (χ0) is 27.2. The monoisotopic (exact) mass is 545 g/mol. The summed E-state index contributed by atoms with van der Waals surface area (Å²) in [4.78, 5) is 31.3. The number of aryl methyl sites for hydroxylation is 1. The van der Waals surface area contributed by atoms with Crippen molar-refractivity contribution in [3.8, 4) is 0 Å². The van der Waals surface area contributed by atoms with E-state index < -0.39 is 39.7 Å². The number of hydrogen-bond acceptors (Lipinski definition) is 7. The van der Waals surface area contributed by atoms with Gasteiger partial charge in [-0.1, -0.05) is 49.4 Å². The molecule has 11 heteroatoms. The van der Waals surface area contributed by atoms with E-state index in [9.17, 15) is 18.0 Å². The molecule has 9 nitrogen and oxygen atoms in total. The molecule has 0 aliphatic carbocycles. The van der Waals surface area contributed by atoms with E-state index in [-0.39, 0.29) is 5.69 Å². The number of ether oxygens (including phenoxy) is 1. The van der Waals surface area contributed by atoms with Gasteiger partial charge in [-0.05, 0) is 56.9 Å². The molecule has 0 saturated heterocycles. The number of benzene rings is 2. The Labute approximate surface area is 221 Å². The Kier molecular flexibility index (Phi) is 9.06. The summed E-state index contributed by atoms with van der Waals surface area (Å²) in [5.74, 6) is -2.33.